The quantitative estimate of drug-likeness (QED) is 0.426. The van der Waals surface area contributed by atoms with E-state index in [2.05, 4.69) is 22.7 Å². The molecule has 0 bridgehead atoms. The summed E-state index contributed by atoms with van der Waals surface area (Å²) in [5.41, 5.74) is 0. The van der Waals surface area contributed by atoms with Crippen molar-refractivity contribution in [3.8, 4) is 0 Å². The summed E-state index contributed by atoms with van der Waals surface area (Å²) in [4.78, 5) is 0. The smallest absolute Gasteiger partial charge is 0.274 e. The predicted octanol–water partition coefficient (Wildman–Crippen LogP) is -1.56. The summed E-state index contributed by atoms with van der Waals surface area (Å²) >= 11 is 4.25. The van der Waals surface area contributed by atoms with Gasteiger partial charge in [0.05, 0.1) is 0 Å². The zero-order valence-corrected chi connectivity index (χ0v) is 8.24. The lowest BCUT2D eigenvalue weighted by atomic mass is 10.2. The molecule has 0 aromatic heterocycles. The van der Waals surface area contributed by atoms with E-state index < -0.39 is 10.2 Å². The van der Waals surface area contributed by atoms with Gasteiger partial charge < -0.3 is 5.32 Å². The summed E-state index contributed by atoms with van der Waals surface area (Å²) in [6.07, 6.45) is 0.867. The first-order valence-electron chi connectivity index (χ1n) is 3.66. The van der Waals surface area contributed by atoms with Gasteiger partial charge in [0.25, 0.3) is 10.2 Å². The van der Waals surface area contributed by atoms with Crippen molar-refractivity contribution < 1.29 is 8.42 Å². The zero-order chi connectivity index (χ0) is 9.19. The molecule has 0 aromatic carbocycles. The van der Waals surface area contributed by atoms with Gasteiger partial charge in [-0.25, -0.2) is 9.86 Å². The molecule has 0 amide bonds. The van der Waals surface area contributed by atoms with Gasteiger partial charge in [-0.3, -0.25) is 0 Å². The van der Waals surface area contributed by atoms with E-state index in [1.165, 1.54) is 0 Å². The highest BCUT2D eigenvalue weighted by Gasteiger charge is 2.21. The van der Waals surface area contributed by atoms with Crippen LogP contribution in [0.25, 0.3) is 0 Å². The summed E-state index contributed by atoms with van der Waals surface area (Å²) in [5, 5.41) is 8.20. The van der Waals surface area contributed by atoms with Crippen LogP contribution in [0.15, 0.2) is 0 Å². The Kier molecular flexibility index (Phi) is 3.36. The molecule has 0 aromatic rings. The fourth-order valence-corrected chi connectivity index (χ4v) is 1.96. The van der Waals surface area contributed by atoms with Gasteiger partial charge >= 0.3 is 0 Å². The summed E-state index contributed by atoms with van der Waals surface area (Å²) in [6.45, 7) is 1.16. The van der Waals surface area contributed by atoms with Crippen molar-refractivity contribution in [1.82, 2.24) is 10.0 Å². The third kappa shape index (κ3) is 3.72. The Balaban J connectivity index is 2.25. The molecule has 5 nitrogen and oxygen atoms in total. The highest BCUT2D eigenvalue weighted by Crippen LogP contribution is 2.10. The van der Waals surface area contributed by atoms with Crippen molar-refractivity contribution in [1.29, 1.82) is 0 Å². The lowest BCUT2D eigenvalue weighted by Crippen LogP contribution is -2.40. The zero-order valence-electron chi connectivity index (χ0n) is 6.53. The monoisotopic (exact) mass is 211 g/mol. The minimum atomic E-state index is -3.54. The molecule has 72 valence electrons. The molecular weight excluding hydrogens is 198 g/mol. The average molecular weight is 211 g/mol. The molecular formula is C5H13N3O2S2. The van der Waals surface area contributed by atoms with E-state index in [1.54, 1.807) is 0 Å². The largest absolute Gasteiger partial charge is 0.312 e. The predicted molar refractivity (Wildman–Crippen MR) is 50.3 cm³/mol. The van der Waals surface area contributed by atoms with Crippen LogP contribution in [0.1, 0.15) is 6.42 Å². The summed E-state index contributed by atoms with van der Waals surface area (Å²) in [6, 6.07) is 0.158. The van der Waals surface area contributed by atoms with Gasteiger partial charge in [-0.2, -0.15) is 21.0 Å². The van der Waals surface area contributed by atoms with Crippen molar-refractivity contribution in [3.63, 3.8) is 0 Å². The van der Waals surface area contributed by atoms with E-state index in [0.29, 0.717) is 11.8 Å². The molecule has 1 saturated heterocycles. The molecule has 7 heteroatoms. The standard InChI is InChI=1S/C5H13N3O2S2/c6-12(9,10)8-2-4-1-5(11)3-7-4/h4-5,7-8,11H,1-3H2,(H2,6,9,10). The van der Waals surface area contributed by atoms with Crippen LogP contribution in [-0.2, 0) is 10.2 Å². The van der Waals surface area contributed by atoms with Crippen molar-refractivity contribution in [2.75, 3.05) is 13.1 Å². The third-order valence-corrected chi connectivity index (χ3v) is 2.69. The van der Waals surface area contributed by atoms with Crippen LogP contribution in [-0.4, -0.2) is 32.8 Å². The molecule has 1 heterocycles. The van der Waals surface area contributed by atoms with Gasteiger partial charge in [-0.15, -0.1) is 0 Å². The fourth-order valence-electron chi connectivity index (χ4n) is 1.17. The molecule has 1 aliphatic rings. The molecule has 2 unspecified atom stereocenters. The highest BCUT2D eigenvalue weighted by atomic mass is 32.2. The van der Waals surface area contributed by atoms with Crippen LogP contribution in [0.3, 0.4) is 0 Å². The minimum absolute atomic E-state index is 0.158. The van der Waals surface area contributed by atoms with Gasteiger partial charge in [0, 0.05) is 24.4 Å². The summed E-state index contributed by atoms with van der Waals surface area (Å²) < 4.78 is 23.2. The Morgan fingerprint density at radius 2 is 2.33 bits per heavy atom. The first-order chi connectivity index (χ1) is 5.47. The molecule has 0 radical (unpaired) electrons. The Labute approximate surface area is 77.7 Å². The molecule has 0 saturated carbocycles. The lowest BCUT2D eigenvalue weighted by Gasteiger charge is -2.09. The second-order valence-corrected chi connectivity index (χ2v) is 5.00. The topological polar surface area (TPSA) is 84.2 Å². The Morgan fingerprint density at radius 1 is 1.67 bits per heavy atom. The van der Waals surface area contributed by atoms with Crippen molar-refractivity contribution >= 4 is 22.8 Å². The SMILES string of the molecule is NS(=O)(=O)NCC1CC(S)CN1. The number of nitrogens with one attached hydrogen (secondary N) is 2. The van der Waals surface area contributed by atoms with E-state index >= 15 is 0 Å². The number of rotatable bonds is 3. The van der Waals surface area contributed by atoms with E-state index in [-0.39, 0.29) is 6.04 Å². The highest BCUT2D eigenvalue weighted by molar-refractivity contribution is 7.87. The molecule has 12 heavy (non-hydrogen) atoms. The maximum absolute atomic E-state index is 10.5. The summed E-state index contributed by atoms with van der Waals surface area (Å²) in [5.74, 6) is 0. The number of hydrogen-bond donors (Lipinski definition) is 4. The van der Waals surface area contributed by atoms with Crippen molar-refractivity contribution in [2.24, 2.45) is 5.14 Å². The van der Waals surface area contributed by atoms with Gasteiger partial charge in [0.2, 0.25) is 0 Å². The fraction of sp³-hybridized carbons (Fsp3) is 1.00. The number of thiol groups is 1. The first-order valence-corrected chi connectivity index (χ1v) is 5.72. The molecule has 0 spiro atoms. The van der Waals surface area contributed by atoms with E-state index in [9.17, 15) is 8.42 Å². The van der Waals surface area contributed by atoms with Crippen molar-refractivity contribution in [2.45, 2.75) is 17.7 Å². The van der Waals surface area contributed by atoms with Crippen molar-refractivity contribution in [3.05, 3.63) is 0 Å². The van der Waals surface area contributed by atoms with Gasteiger partial charge in [-0.1, -0.05) is 0 Å². The first kappa shape index (κ1) is 10.3. The van der Waals surface area contributed by atoms with E-state index in [0.717, 1.165) is 13.0 Å². The van der Waals surface area contributed by atoms with E-state index in [4.69, 9.17) is 5.14 Å². The van der Waals surface area contributed by atoms with E-state index in [1.807, 2.05) is 0 Å². The molecule has 1 fully saturated rings. The van der Waals surface area contributed by atoms with Crippen LogP contribution in [0.5, 0.6) is 0 Å². The Bertz CT molecular complexity index is 241. The number of nitrogens with two attached hydrogens (primary N) is 1. The average Bonchev–Trinajstić information content (AvgIpc) is 2.30. The molecule has 1 rings (SSSR count). The van der Waals surface area contributed by atoms with Crippen LogP contribution < -0.4 is 15.2 Å². The normalized spacial score (nSPS) is 30.8. The van der Waals surface area contributed by atoms with Crippen LogP contribution in [0.2, 0.25) is 0 Å². The Hall–Kier alpha value is 0.180. The molecule has 4 N–H and O–H groups in total. The molecule has 0 aliphatic carbocycles. The second kappa shape index (κ2) is 3.93. The van der Waals surface area contributed by atoms with Crippen LogP contribution in [0, 0.1) is 0 Å². The van der Waals surface area contributed by atoms with Gasteiger partial charge in [0.1, 0.15) is 0 Å². The molecule has 2 atom stereocenters. The molecule has 1 aliphatic heterocycles. The Morgan fingerprint density at radius 3 is 2.75 bits per heavy atom. The minimum Gasteiger partial charge on any atom is -0.312 e. The van der Waals surface area contributed by atoms with Gasteiger partial charge in [0.15, 0.2) is 0 Å². The maximum Gasteiger partial charge on any atom is 0.274 e. The maximum atomic E-state index is 10.5. The second-order valence-electron chi connectivity index (χ2n) is 2.89. The van der Waals surface area contributed by atoms with Crippen LogP contribution in [0.4, 0.5) is 0 Å². The van der Waals surface area contributed by atoms with Crippen LogP contribution >= 0.6 is 12.6 Å². The third-order valence-electron chi connectivity index (χ3n) is 1.73. The van der Waals surface area contributed by atoms with Gasteiger partial charge in [-0.05, 0) is 6.42 Å². The number of hydrogen-bond acceptors (Lipinski definition) is 4. The lowest BCUT2D eigenvalue weighted by molar-refractivity contribution is 0.553. The summed E-state index contributed by atoms with van der Waals surface area (Å²) in [7, 11) is -3.54.